The Bertz CT molecular complexity index is 1670. The summed E-state index contributed by atoms with van der Waals surface area (Å²) in [6.45, 7) is 2.14. The number of hydrogen-bond acceptors (Lipinski definition) is 6. The average molecular weight is 624 g/mol. The van der Waals surface area contributed by atoms with Crippen molar-refractivity contribution in [1.29, 1.82) is 0 Å². The van der Waals surface area contributed by atoms with Crippen LogP contribution in [0.4, 0.5) is 20.2 Å². The first-order chi connectivity index (χ1) is 18.1. The van der Waals surface area contributed by atoms with Crippen LogP contribution >= 0.6 is 28.1 Å². The Kier molecular flexibility index (Phi) is 6.78. The number of halogens is 3. The number of pyridine rings is 1. The minimum absolute atomic E-state index is 0.0218. The highest BCUT2D eigenvalue weighted by Crippen LogP contribution is 2.43. The van der Waals surface area contributed by atoms with Crippen molar-refractivity contribution in [1.82, 2.24) is 8.96 Å². The zero-order chi connectivity index (χ0) is 27.4. The van der Waals surface area contributed by atoms with Gasteiger partial charge in [0.15, 0.2) is 33.9 Å². The van der Waals surface area contributed by atoms with E-state index in [1.807, 2.05) is 6.92 Å². The van der Waals surface area contributed by atoms with E-state index in [0.717, 1.165) is 10.0 Å². The van der Waals surface area contributed by atoms with Crippen molar-refractivity contribution < 1.29 is 26.7 Å². The van der Waals surface area contributed by atoms with Crippen LogP contribution in [0, 0.1) is 11.6 Å². The van der Waals surface area contributed by atoms with Crippen molar-refractivity contribution in [2.75, 3.05) is 30.6 Å². The van der Waals surface area contributed by atoms with Gasteiger partial charge in [0.2, 0.25) is 0 Å². The summed E-state index contributed by atoms with van der Waals surface area (Å²) in [7, 11) is -1.43. The lowest BCUT2D eigenvalue weighted by atomic mass is 10.1. The first-order valence-electron chi connectivity index (χ1n) is 11.3. The van der Waals surface area contributed by atoms with Gasteiger partial charge in [-0.2, -0.15) is 0 Å². The van der Waals surface area contributed by atoms with E-state index in [4.69, 9.17) is 21.7 Å². The van der Waals surface area contributed by atoms with Crippen LogP contribution in [0.5, 0.6) is 11.5 Å². The first kappa shape index (κ1) is 26.3. The molecule has 0 amide bonds. The molecular weight excluding hydrogens is 602 g/mol. The van der Waals surface area contributed by atoms with Crippen LogP contribution < -0.4 is 19.3 Å². The number of thiocarbonyl (C=S) groups is 1. The van der Waals surface area contributed by atoms with E-state index in [2.05, 4.69) is 20.9 Å². The summed E-state index contributed by atoms with van der Waals surface area (Å²) in [5.41, 5.74) is 0.975. The minimum atomic E-state index is -3.98. The first-order valence-corrected chi connectivity index (χ1v) is 14.0. The van der Waals surface area contributed by atoms with E-state index in [-0.39, 0.29) is 38.3 Å². The Morgan fingerprint density at radius 2 is 1.68 bits per heavy atom. The lowest BCUT2D eigenvalue weighted by Gasteiger charge is -2.39. The number of benzene rings is 2. The van der Waals surface area contributed by atoms with Gasteiger partial charge in [-0.05, 0) is 53.3 Å². The number of aromatic nitrogens is 2. The second-order valence-corrected chi connectivity index (χ2v) is 11.3. The number of rotatable bonds is 6. The smallest absolute Gasteiger partial charge is 0.270 e. The topological polar surface area (TPSA) is 76.9 Å². The van der Waals surface area contributed by atoms with Gasteiger partial charge in [0.05, 0.1) is 31.3 Å². The Hall–Kier alpha value is -3.29. The maximum absolute atomic E-state index is 15.4. The monoisotopic (exact) mass is 622 g/mol. The maximum Gasteiger partial charge on any atom is 0.270 e. The number of anilines is 2. The number of nitrogens with zero attached hydrogens (tertiary/aromatic N) is 4. The van der Waals surface area contributed by atoms with Gasteiger partial charge < -0.3 is 19.3 Å². The molecule has 0 radical (unpaired) electrons. The van der Waals surface area contributed by atoms with Gasteiger partial charge in [-0.15, -0.1) is 0 Å². The van der Waals surface area contributed by atoms with E-state index in [1.165, 1.54) is 37.4 Å². The molecule has 2 aromatic carbocycles. The maximum atomic E-state index is 15.4. The van der Waals surface area contributed by atoms with Crippen LogP contribution in [0.2, 0.25) is 0 Å². The molecule has 13 heteroatoms. The summed E-state index contributed by atoms with van der Waals surface area (Å²) >= 11 is 9.10. The summed E-state index contributed by atoms with van der Waals surface area (Å²) in [5.74, 6) is -2.25. The zero-order valence-electron chi connectivity index (χ0n) is 20.4. The van der Waals surface area contributed by atoms with Crippen LogP contribution in [0.25, 0.3) is 11.0 Å². The molecule has 0 fully saturated rings. The molecule has 4 aromatic rings. The number of hydrogen-bond donors (Lipinski definition) is 0. The van der Waals surface area contributed by atoms with Crippen LogP contribution in [-0.2, 0) is 16.6 Å². The normalized spacial score (nSPS) is 13.7. The molecule has 0 aliphatic carbocycles. The summed E-state index contributed by atoms with van der Waals surface area (Å²) in [5, 5.41) is 0.636. The van der Waals surface area contributed by atoms with Gasteiger partial charge in [-0.25, -0.2) is 26.2 Å². The van der Waals surface area contributed by atoms with Gasteiger partial charge in [-0.1, -0.05) is 18.2 Å². The predicted molar refractivity (Wildman–Crippen MR) is 148 cm³/mol. The number of ether oxygens (including phenoxy) is 2. The van der Waals surface area contributed by atoms with Crippen molar-refractivity contribution in [3.05, 3.63) is 70.5 Å². The number of methoxy groups -OCH3 is 2. The molecule has 0 bridgehead atoms. The van der Waals surface area contributed by atoms with Gasteiger partial charge in [-0.3, -0.25) is 0 Å². The second kappa shape index (κ2) is 9.79. The van der Waals surface area contributed by atoms with E-state index < -0.39 is 27.3 Å². The third-order valence-electron chi connectivity index (χ3n) is 6.27. The van der Waals surface area contributed by atoms with Crippen LogP contribution in [-0.4, -0.2) is 43.3 Å². The molecule has 8 nitrogen and oxygen atoms in total. The molecule has 0 N–H and O–H groups in total. The summed E-state index contributed by atoms with van der Waals surface area (Å²) in [6, 6.07) is 10.8. The Labute approximate surface area is 231 Å². The summed E-state index contributed by atoms with van der Waals surface area (Å²) in [4.78, 5) is 7.57. The molecular formula is C25H21BrF2N4O4S2. The van der Waals surface area contributed by atoms with Crippen LogP contribution in [0.3, 0.4) is 0 Å². The van der Waals surface area contributed by atoms with Gasteiger partial charge in [0.25, 0.3) is 10.0 Å². The molecule has 1 aliphatic rings. The summed E-state index contributed by atoms with van der Waals surface area (Å²) in [6.07, 6.45) is 1.49. The molecule has 0 atom stereocenters. The van der Waals surface area contributed by atoms with Crippen molar-refractivity contribution in [2.45, 2.75) is 18.4 Å². The highest BCUT2D eigenvalue weighted by Gasteiger charge is 2.36. The van der Waals surface area contributed by atoms with Crippen molar-refractivity contribution >= 4 is 65.7 Å². The quantitative estimate of drug-likeness (QED) is 0.262. The zero-order valence-corrected chi connectivity index (χ0v) is 23.6. The van der Waals surface area contributed by atoms with Crippen molar-refractivity contribution in [2.24, 2.45) is 0 Å². The molecule has 0 saturated heterocycles. The van der Waals surface area contributed by atoms with Crippen LogP contribution in [0.15, 0.2) is 58.2 Å². The van der Waals surface area contributed by atoms with Gasteiger partial charge in [0, 0.05) is 29.8 Å². The number of fused-ring (bicyclic) bond motifs is 3. The van der Waals surface area contributed by atoms with Crippen LogP contribution in [0.1, 0.15) is 12.5 Å². The Balaban J connectivity index is 1.71. The average Bonchev–Trinajstić information content (AvgIpc) is 3.26. The fraction of sp³-hybridized carbons (Fsp3) is 0.200. The largest absolute Gasteiger partial charge is 0.493 e. The second-order valence-electron chi connectivity index (χ2n) is 8.29. The molecule has 5 rings (SSSR count). The van der Waals surface area contributed by atoms with E-state index >= 15 is 8.78 Å². The molecule has 38 heavy (non-hydrogen) atoms. The highest BCUT2D eigenvalue weighted by molar-refractivity contribution is 9.10. The fourth-order valence-corrected chi connectivity index (χ4v) is 7.25. The molecule has 1 aliphatic heterocycles. The van der Waals surface area contributed by atoms with Crippen molar-refractivity contribution in [3.8, 4) is 11.5 Å². The lowest BCUT2D eigenvalue weighted by molar-refractivity contribution is 0.359. The highest BCUT2D eigenvalue weighted by atomic mass is 79.9. The predicted octanol–water partition coefficient (Wildman–Crippen LogP) is 5.46. The molecule has 0 spiro atoms. The molecule has 0 saturated carbocycles. The third kappa shape index (κ3) is 3.91. The standard InChI is InChI=1S/C25H21BrF2N4O4S2/c1-4-30-22-14(13-31(25(30)37)23-20(27)17(35-2)11-18(36-3)21(23)28)12-29-24-16(22)10-19(26)32(24)38(33,34)15-8-6-5-7-9-15/h5-12H,4,13H2,1-3H3. The lowest BCUT2D eigenvalue weighted by Crippen LogP contribution is -2.48. The summed E-state index contributed by atoms with van der Waals surface area (Å²) < 4.78 is 69.3. The minimum Gasteiger partial charge on any atom is -0.493 e. The van der Waals surface area contributed by atoms with E-state index in [1.54, 1.807) is 29.2 Å². The molecule has 2 aromatic heterocycles. The molecule has 3 heterocycles. The van der Waals surface area contributed by atoms with Gasteiger partial charge in [0.1, 0.15) is 10.3 Å². The third-order valence-corrected chi connectivity index (χ3v) is 9.25. The Morgan fingerprint density at radius 1 is 1.05 bits per heavy atom. The van der Waals surface area contributed by atoms with Crippen molar-refractivity contribution in [3.63, 3.8) is 0 Å². The molecule has 0 unspecified atom stereocenters. The van der Waals surface area contributed by atoms with E-state index in [9.17, 15) is 8.42 Å². The van der Waals surface area contributed by atoms with Gasteiger partial charge >= 0.3 is 0 Å². The van der Waals surface area contributed by atoms with E-state index in [0.29, 0.717) is 23.2 Å². The SMILES string of the molecule is CCN1C(=S)N(c2c(F)c(OC)cc(OC)c2F)Cc2cnc3c(cc(Br)n3S(=O)(=O)c3ccccc3)c21. The molecule has 198 valence electrons. The Morgan fingerprint density at radius 3 is 2.26 bits per heavy atom. The fourth-order valence-electron chi connectivity index (χ4n) is 4.54.